The quantitative estimate of drug-likeness (QED) is 0.810. The van der Waals surface area contributed by atoms with Crippen LogP contribution >= 0.6 is 39.1 Å². The minimum Gasteiger partial charge on any atom is -0.497 e. The van der Waals surface area contributed by atoms with Crippen LogP contribution in [0.25, 0.3) is 0 Å². The number of benzene rings is 2. The molecule has 20 heavy (non-hydrogen) atoms. The first-order chi connectivity index (χ1) is 9.52. The van der Waals surface area contributed by atoms with Crippen molar-refractivity contribution in [3.63, 3.8) is 0 Å². The highest BCUT2D eigenvalue weighted by atomic mass is 79.9. The number of hydrogen-bond donors (Lipinski definition) is 1. The Kier molecular flexibility index (Phi) is 5.33. The second-order valence-electron chi connectivity index (χ2n) is 4.31. The highest BCUT2D eigenvalue weighted by Gasteiger charge is 2.17. The smallest absolute Gasteiger partial charge is 0.119 e. The molecule has 5 heteroatoms. The lowest BCUT2D eigenvalue weighted by Gasteiger charge is -2.16. The normalized spacial score (nSPS) is 12.2. The Bertz CT molecular complexity index is 597. The summed E-state index contributed by atoms with van der Waals surface area (Å²) < 4.78 is 6.09. The summed E-state index contributed by atoms with van der Waals surface area (Å²) in [6.45, 7) is 0. The van der Waals surface area contributed by atoms with Gasteiger partial charge >= 0.3 is 0 Å². The fourth-order valence-electron chi connectivity index (χ4n) is 1.97. The molecule has 2 aromatic carbocycles. The number of aliphatic hydroxyl groups excluding tert-OH is 1. The molecule has 2 aromatic rings. The summed E-state index contributed by atoms with van der Waals surface area (Å²) in [6.07, 6.45) is -0.388. The first-order valence-corrected chi connectivity index (χ1v) is 7.52. The van der Waals surface area contributed by atoms with Crippen LogP contribution in [0.15, 0.2) is 40.9 Å². The van der Waals surface area contributed by atoms with Crippen LogP contribution in [0.2, 0.25) is 10.0 Å². The molecule has 1 unspecified atom stereocenters. The number of ether oxygens (including phenoxy) is 1. The van der Waals surface area contributed by atoms with E-state index >= 15 is 0 Å². The molecule has 0 aromatic heterocycles. The molecule has 0 saturated heterocycles. The van der Waals surface area contributed by atoms with Crippen LogP contribution < -0.4 is 4.74 Å². The van der Waals surface area contributed by atoms with Gasteiger partial charge in [-0.2, -0.15) is 0 Å². The van der Waals surface area contributed by atoms with Crippen LogP contribution in [0.5, 0.6) is 5.75 Å². The largest absolute Gasteiger partial charge is 0.497 e. The van der Waals surface area contributed by atoms with Gasteiger partial charge in [-0.3, -0.25) is 0 Å². The summed E-state index contributed by atoms with van der Waals surface area (Å²) in [5.74, 6) is 0.737. The van der Waals surface area contributed by atoms with Crippen LogP contribution in [0.1, 0.15) is 17.2 Å². The third-order valence-electron chi connectivity index (χ3n) is 3.00. The van der Waals surface area contributed by atoms with Gasteiger partial charge in [0.1, 0.15) is 5.75 Å². The topological polar surface area (TPSA) is 29.5 Å². The summed E-state index contributed by atoms with van der Waals surface area (Å²) in [4.78, 5) is 0. The lowest BCUT2D eigenvalue weighted by molar-refractivity contribution is 0.178. The van der Waals surface area contributed by atoms with Crippen molar-refractivity contribution in [3.05, 3.63) is 62.0 Å². The van der Waals surface area contributed by atoms with E-state index < -0.39 is 6.10 Å². The Morgan fingerprint density at radius 2 is 1.85 bits per heavy atom. The van der Waals surface area contributed by atoms with E-state index in [0.29, 0.717) is 22.0 Å². The standard InChI is InChI=1S/C15H13BrCl2O2/c1-20-10-5-6-11(16)9(7-10)8-14(19)15-12(17)3-2-4-13(15)18/h2-7,14,19H,8H2,1H3. The fourth-order valence-corrected chi connectivity index (χ4v) is 3.03. The van der Waals surface area contributed by atoms with E-state index in [9.17, 15) is 5.11 Å². The van der Waals surface area contributed by atoms with Gasteiger partial charge in [0.25, 0.3) is 0 Å². The minimum atomic E-state index is -0.778. The molecule has 1 N–H and O–H groups in total. The van der Waals surface area contributed by atoms with Crippen LogP contribution in [-0.2, 0) is 6.42 Å². The number of hydrogen-bond acceptors (Lipinski definition) is 2. The van der Waals surface area contributed by atoms with Crippen molar-refractivity contribution in [3.8, 4) is 5.75 Å². The van der Waals surface area contributed by atoms with Gasteiger partial charge in [-0.1, -0.05) is 45.2 Å². The summed E-state index contributed by atoms with van der Waals surface area (Å²) in [6, 6.07) is 10.8. The van der Waals surface area contributed by atoms with Gasteiger partial charge in [0, 0.05) is 26.5 Å². The van der Waals surface area contributed by atoms with Gasteiger partial charge in [-0.15, -0.1) is 0 Å². The van der Waals surface area contributed by atoms with Gasteiger partial charge in [0.15, 0.2) is 0 Å². The molecular formula is C15H13BrCl2O2. The average molecular weight is 376 g/mol. The third kappa shape index (κ3) is 3.47. The number of halogens is 3. The number of aliphatic hydroxyl groups is 1. The Morgan fingerprint density at radius 1 is 1.20 bits per heavy atom. The van der Waals surface area contributed by atoms with Crippen LogP contribution in [0, 0.1) is 0 Å². The van der Waals surface area contributed by atoms with E-state index in [1.807, 2.05) is 18.2 Å². The molecule has 0 amide bonds. The van der Waals surface area contributed by atoms with E-state index in [1.165, 1.54) is 0 Å². The van der Waals surface area contributed by atoms with Crippen molar-refractivity contribution in [2.45, 2.75) is 12.5 Å². The molecule has 0 spiro atoms. The Balaban J connectivity index is 2.30. The van der Waals surface area contributed by atoms with Crippen molar-refractivity contribution < 1.29 is 9.84 Å². The maximum Gasteiger partial charge on any atom is 0.119 e. The maximum atomic E-state index is 10.4. The van der Waals surface area contributed by atoms with Crippen LogP contribution in [0.3, 0.4) is 0 Å². The molecule has 1 atom stereocenters. The zero-order chi connectivity index (χ0) is 14.7. The van der Waals surface area contributed by atoms with Gasteiger partial charge in [0.2, 0.25) is 0 Å². The van der Waals surface area contributed by atoms with E-state index in [4.69, 9.17) is 27.9 Å². The maximum absolute atomic E-state index is 10.4. The van der Waals surface area contributed by atoms with Gasteiger partial charge in [0.05, 0.1) is 13.2 Å². The van der Waals surface area contributed by atoms with Gasteiger partial charge in [-0.25, -0.2) is 0 Å². The lowest BCUT2D eigenvalue weighted by Crippen LogP contribution is -2.04. The van der Waals surface area contributed by atoms with E-state index in [2.05, 4.69) is 15.9 Å². The van der Waals surface area contributed by atoms with Crippen molar-refractivity contribution in [1.29, 1.82) is 0 Å². The Morgan fingerprint density at radius 3 is 2.45 bits per heavy atom. The van der Waals surface area contributed by atoms with Crippen molar-refractivity contribution >= 4 is 39.1 Å². The second kappa shape index (κ2) is 6.81. The first-order valence-electron chi connectivity index (χ1n) is 5.97. The van der Waals surface area contributed by atoms with Crippen LogP contribution in [0.4, 0.5) is 0 Å². The highest BCUT2D eigenvalue weighted by molar-refractivity contribution is 9.10. The molecule has 0 aliphatic heterocycles. The zero-order valence-corrected chi connectivity index (χ0v) is 13.8. The molecule has 0 radical (unpaired) electrons. The molecule has 0 fully saturated rings. The minimum absolute atomic E-state index is 0.390. The third-order valence-corrected chi connectivity index (χ3v) is 4.43. The van der Waals surface area contributed by atoms with Gasteiger partial charge < -0.3 is 9.84 Å². The molecule has 2 nitrogen and oxygen atoms in total. The number of rotatable bonds is 4. The molecule has 0 aliphatic rings. The fraction of sp³-hybridized carbons (Fsp3) is 0.200. The predicted molar refractivity (Wildman–Crippen MR) is 85.8 cm³/mol. The lowest BCUT2D eigenvalue weighted by atomic mass is 10.0. The Hall–Kier alpha value is -0.740. The first kappa shape index (κ1) is 15.6. The summed E-state index contributed by atoms with van der Waals surface area (Å²) in [5, 5.41) is 11.3. The van der Waals surface area contributed by atoms with Crippen LogP contribution in [-0.4, -0.2) is 12.2 Å². The summed E-state index contributed by atoms with van der Waals surface area (Å²) in [5.41, 5.74) is 1.47. The molecule has 106 valence electrons. The van der Waals surface area contributed by atoms with E-state index in [-0.39, 0.29) is 0 Å². The SMILES string of the molecule is COc1ccc(Br)c(CC(O)c2c(Cl)cccc2Cl)c1. The van der Waals surface area contributed by atoms with E-state index in [0.717, 1.165) is 15.8 Å². The molecule has 0 heterocycles. The average Bonchev–Trinajstić information content (AvgIpc) is 2.41. The zero-order valence-electron chi connectivity index (χ0n) is 10.7. The summed E-state index contributed by atoms with van der Waals surface area (Å²) >= 11 is 15.7. The second-order valence-corrected chi connectivity index (χ2v) is 5.98. The molecule has 2 rings (SSSR count). The Labute approximate surface area is 136 Å². The highest BCUT2D eigenvalue weighted by Crippen LogP contribution is 2.34. The van der Waals surface area contributed by atoms with Gasteiger partial charge in [-0.05, 0) is 35.9 Å². The molecule has 0 saturated carbocycles. The van der Waals surface area contributed by atoms with Crippen molar-refractivity contribution in [2.24, 2.45) is 0 Å². The van der Waals surface area contributed by atoms with Crippen molar-refractivity contribution in [2.75, 3.05) is 7.11 Å². The molecule has 0 aliphatic carbocycles. The summed E-state index contributed by atoms with van der Waals surface area (Å²) in [7, 11) is 1.61. The molecular weight excluding hydrogens is 363 g/mol. The molecule has 0 bridgehead atoms. The van der Waals surface area contributed by atoms with E-state index in [1.54, 1.807) is 25.3 Å². The van der Waals surface area contributed by atoms with Crippen molar-refractivity contribution in [1.82, 2.24) is 0 Å². The predicted octanol–water partition coefficient (Wildman–Crippen LogP) is 5.04. The number of methoxy groups -OCH3 is 1. The monoisotopic (exact) mass is 374 g/mol.